The Balaban J connectivity index is 2.26. The highest BCUT2D eigenvalue weighted by molar-refractivity contribution is 5.93. The lowest BCUT2D eigenvalue weighted by molar-refractivity contribution is 0.0951. The van der Waals surface area contributed by atoms with Gasteiger partial charge in [0.15, 0.2) is 0 Å². The van der Waals surface area contributed by atoms with E-state index in [0.29, 0.717) is 12.2 Å². The summed E-state index contributed by atoms with van der Waals surface area (Å²) in [6.45, 7) is 2.46. The average Bonchev–Trinajstić information content (AvgIpc) is 2.89. The number of nitrogens with zero attached hydrogens (tertiary/aromatic N) is 1. The van der Waals surface area contributed by atoms with Gasteiger partial charge in [-0.25, -0.2) is 0 Å². The van der Waals surface area contributed by atoms with Gasteiger partial charge in [0.05, 0.1) is 12.8 Å². The van der Waals surface area contributed by atoms with Gasteiger partial charge in [-0.15, -0.1) is 0 Å². The smallest absolute Gasteiger partial charge is 0.269 e. The molecule has 1 amide bonds. The molecule has 18 heavy (non-hydrogen) atoms. The van der Waals surface area contributed by atoms with Crippen LogP contribution in [0.4, 0.5) is 0 Å². The van der Waals surface area contributed by atoms with Crippen molar-refractivity contribution in [3.63, 3.8) is 0 Å². The third-order valence-electron chi connectivity index (χ3n) is 2.53. The highest BCUT2D eigenvalue weighted by atomic mass is 16.5. The summed E-state index contributed by atoms with van der Waals surface area (Å²) in [5.41, 5.74) is 2.07. The van der Waals surface area contributed by atoms with Crippen molar-refractivity contribution in [2.75, 3.05) is 13.7 Å². The lowest BCUT2D eigenvalue weighted by Gasteiger charge is -2.01. The third kappa shape index (κ3) is 2.51. The van der Waals surface area contributed by atoms with Crippen LogP contribution in [0.25, 0.3) is 11.3 Å². The van der Waals surface area contributed by atoms with E-state index in [9.17, 15) is 4.79 Å². The van der Waals surface area contributed by atoms with Crippen LogP contribution in [0.15, 0.2) is 30.3 Å². The number of benzene rings is 1. The molecule has 0 atom stereocenters. The Morgan fingerprint density at radius 1 is 1.44 bits per heavy atom. The molecule has 94 valence electrons. The minimum absolute atomic E-state index is 0.154. The second kappa shape index (κ2) is 5.35. The number of hydrogen-bond donors (Lipinski definition) is 2. The number of nitrogens with one attached hydrogen (secondary N) is 2. The van der Waals surface area contributed by atoms with Gasteiger partial charge in [0.1, 0.15) is 11.4 Å². The quantitative estimate of drug-likeness (QED) is 0.863. The van der Waals surface area contributed by atoms with Crippen molar-refractivity contribution in [2.24, 2.45) is 0 Å². The van der Waals surface area contributed by atoms with Gasteiger partial charge in [0, 0.05) is 12.1 Å². The van der Waals surface area contributed by atoms with Gasteiger partial charge in [-0.05, 0) is 25.1 Å². The molecule has 2 rings (SSSR count). The minimum atomic E-state index is -0.154. The number of aromatic nitrogens is 2. The fraction of sp³-hybridized carbons (Fsp3) is 0.231. The monoisotopic (exact) mass is 245 g/mol. The Morgan fingerprint density at radius 3 is 3.00 bits per heavy atom. The standard InChI is InChI=1S/C13H15N3O2/c1-3-14-13(17)12-8-11(15-16-12)9-5-4-6-10(7-9)18-2/h4-8H,3H2,1-2H3,(H,14,17)(H,15,16). The molecule has 0 aliphatic carbocycles. The molecule has 0 bridgehead atoms. The summed E-state index contributed by atoms with van der Waals surface area (Å²) in [7, 11) is 1.61. The second-order valence-corrected chi connectivity index (χ2v) is 3.76. The van der Waals surface area contributed by atoms with Gasteiger partial charge in [-0.2, -0.15) is 5.10 Å². The van der Waals surface area contributed by atoms with Crippen LogP contribution in [0.3, 0.4) is 0 Å². The topological polar surface area (TPSA) is 67.0 Å². The molecule has 2 N–H and O–H groups in total. The van der Waals surface area contributed by atoms with E-state index >= 15 is 0 Å². The first kappa shape index (κ1) is 12.2. The van der Waals surface area contributed by atoms with Crippen LogP contribution in [-0.2, 0) is 0 Å². The highest BCUT2D eigenvalue weighted by Crippen LogP contribution is 2.22. The van der Waals surface area contributed by atoms with Crippen LogP contribution < -0.4 is 10.1 Å². The molecule has 0 unspecified atom stereocenters. The molecule has 0 saturated carbocycles. The van der Waals surface area contributed by atoms with Gasteiger partial charge in [0.2, 0.25) is 0 Å². The SMILES string of the molecule is CCNC(=O)c1cc(-c2cccc(OC)c2)n[nH]1. The van der Waals surface area contributed by atoms with E-state index < -0.39 is 0 Å². The predicted octanol–water partition coefficient (Wildman–Crippen LogP) is 1.83. The second-order valence-electron chi connectivity index (χ2n) is 3.76. The van der Waals surface area contributed by atoms with Crippen LogP contribution in [0.5, 0.6) is 5.75 Å². The number of H-pyrrole nitrogens is 1. The first-order chi connectivity index (χ1) is 8.74. The third-order valence-corrected chi connectivity index (χ3v) is 2.53. The molecule has 5 nitrogen and oxygen atoms in total. The zero-order valence-corrected chi connectivity index (χ0v) is 10.4. The molecule has 2 aromatic rings. The molecule has 0 aliphatic rings. The molecular weight excluding hydrogens is 230 g/mol. The van der Waals surface area contributed by atoms with Crippen LogP contribution >= 0.6 is 0 Å². The van der Waals surface area contributed by atoms with E-state index in [1.807, 2.05) is 31.2 Å². The van der Waals surface area contributed by atoms with E-state index in [2.05, 4.69) is 15.5 Å². The van der Waals surface area contributed by atoms with Crippen molar-refractivity contribution < 1.29 is 9.53 Å². The van der Waals surface area contributed by atoms with Crippen molar-refractivity contribution >= 4 is 5.91 Å². The molecule has 0 aliphatic heterocycles. The molecule has 1 heterocycles. The lowest BCUT2D eigenvalue weighted by Crippen LogP contribution is -2.22. The van der Waals surface area contributed by atoms with Crippen LogP contribution in [0.2, 0.25) is 0 Å². The Bertz CT molecular complexity index is 549. The van der Waals surface area contributed by atoms with Crippen molar-refractivity contribution in [2.45, 2.75) is 6.92 Å². The maximum Gasteiger partial charge on any atom is 0.269 e. The molecule has 5 heteroatoms. The van der Waals surface area contributed by atoms with Gasteiger partial charge < -0.3 is 10.1 Å². The summed E-state index contributed by atoms with van der Waals surface area (Å²) in [4.78, 5) is 11.6. The Morgan fingerprint density at radius 2 is 2.28 bits per heavy atom. The van der Waals surface area contributed by atoms with Gasteiger partial charge >= 0.3 is 0 Å². The fourth-order valence-corrected chi connectivity index (χ4v) is 1.62. The van der Waals surface area contributed by atoms with Crippen LogP contribution in [-0.4, -0.2) is 29.8 Å². The number of rotatable bonds is 4. The maximum absolute atomic E-state index is 11.6. The average molecular weight is 245 g/mol. The van der Waals surface area contributed by atoms with Gasteiger partial charge in [-0.3, -0.25) is 9.89 Å². The predicted molar refractivity (Wildman–Crippen MR) is 68.6 cm³/mol. The van der Waals surface area contributed by atoms with Crippen molar-refractivity contribution in [1.82, 2.24) is 15.5 Å². The van der Waals surface area contributed by atoms with E-state index in [4.69, 9.17) is 4.74 Å². The summed E-state index contributed by atoms with van der Waals surface area (Å²) < 4.78 is 5.15. The van der Waals surface area contributed by atoms with Crippen molar-refractivity contribution in [3.8, 4) is 17.0 Å². The molecular formula is C13H15N3O2. The maximum atomic E-state index is 11.6. The normalized spacial score (nSPS) is 10.1. The zero-order chi connectivity index (χ0) is 13.0. The van der Waals surface area contributed by atoms with E-state index in [-0.39, 0.29) is 5.91 Å². The molecule has 0 spiro atoms. The first-order valence-corrected chi connectivity index (χ1v) is 5.72. The molecule has 1 aromatic carbocycles. The molecule has 0 saturated heterocycles. The first-order valence-electron chi connectivity index (χ1n) is 5.72. The van der Waals surface area contributed by atoms with E-state index in [1.165, 1.54) is 0 Å². The summed E-state index contributed by atoms with van der Waals surface area (Å²) in [6.07, 6.45) is 0. The molecule has 1 aromatic heterocycles. The number of carbonyl (C=O) groups excluding carboxylic acids is 1. The molecule has 0 radical (unpaired) electrons. The number of hydrogen-bond acceptors (Lipinski definition) is 3. The van der Waals surface area contributed by atoms with Crippen molar-refractivity contribution in [1.29, 1.82) is 0 Å². The van der Waals surface area contributed by atoms with Gasteiger partial charge in [-0.1, -0.05) is 12.1 Å². The largest absolute Gasteiger partial charge is 0.497 e. The highest BCUT2D eigenvalue weighted by Gasteiger charge is 2.10. The molecule has 0 fully saturated rings. The number of amides is 1. The fourth-order valence-electron chi connectivity index (χ4n) is 1.62. The van der Waals surface area contributed by atoms with E-state index in [1.54, 1.807) is 13.2 Å². The Labute approximate surface area is 105 Å². The Kier molecular flexibility index (Phi) is 3.62. The zero-order valence-electron chi connectivity index (χ0n) is 10.4. The van der Waals surface area contributed by atoms with Crippen LogP contribution in [0.1, 0.15) is 17.4 Å². The summed E-state index contributed by atoms with van der Waals surface area (Å²) >= 11 is 0. The summed E-state index contributed by atoms with van der Waals surface area (Å²) in [6, 6.07) is 9.26. The Hall–Kier alpha value is -2.30. The summed E-state index contributed by atoms with van der Waals surface area (Å²) in [5.74, 6) is 0.606. The number of aromatic amines is 1. The number of methoxy groups -OCH3 is 1. The minimum Gasteiger partial charge on any atom is -0.497 e. The summed E-state index contributed by atoms with van der Waals surface area (Å²) in [5, 5.41) is 9.56. The van der Waals surface area contributed by atoms with Crippen molar-refractivity contribution in [3.05, 3.63) is 36.0 Å². The van der Waals surface area contributed by atoms with Gasteiger partial charge in [0.25, 0.3) is 5.91 Å². The van der Waals surface area contributed by atoms with Crippen LogP contribution in [0, 0.1) is 0 Å². The lowest BCUT2D eigenvalue weighted by atomic mass is 10.1. The number of ether oxygens (including phenoxy) is 1. The van der Waals surface area contributed by atoms with E-state index in [0.717, 1.165) is 17.0 Å². The number of carbonyl (C=O) groups is 1.